The third-order valence-corrected chi connectivity index (χ3v) is 5.50. The number of halogens is 2. The minimum absolute atomic E-state index is 0.223. The first-order valence-electron chi connectivity index (χ1n) is 10.1. The van der Waals surface area contributed by atoms with Gasteiger partial charge < -0.3 is 16.0 Å². The molecule has 0 saturated carbocycles. The average Bonchev–Trinajstić information content (AvgIpc) is 3.15. The summed E-state index contributed by atoms with van der Waals surface area (Å²) in [7, 11) is 0. The van der Waals surface area contributed by atoms with Crippen LogP contribution in [0, 0.1) is 6.92 Å². The summed E-state index contributed by atoms with van der Waals surface area (Å²) in [6.45, 7) is 3.72. The van der Waals surface area contributed by atoms with E-state index in [1.807, 2.05) is 50.2 Å². The lowest BCUT2D eigenvalue weighted by Crippen LogP contribution is -2.31. The fraction of sp³-hybridized carbons (Fsp3) is 0.130. The second-order valence-electron chi connectivity index (χ2n) is 7.27. The predicted molar refractivity (Wildman–Crippen MR) is 131 cm³/mol. The number of hydrogen-bond donors (Lipinski definition) is 3. The third kappa shape index (κ3) is 5.42. The largest absolute Gasteiger partial charge is 0.331 e. The van der Waals surface area contributed by atoms with E-state index < -0.39 is 0 Å². The topological polar surface area (TPSA) is 96.8 Å². The molecular formula is C23H21Cl2N7O. The first kappa shape index (κ1) is 22.6. The molecule has 168 valence electrons. The van der Waals surface area contributed by atoms with E-state index in [0.29, 0.717) is 38.9 Å². The molecule has 8 nitrogen and oxygen atoms in total. The Hall–Kier alpha value is -3.62. The number of nitrogens with one attached hydrogen (secondary N) is 3. The summed E-state index contributed by atoms with van der Waals surface area (Å²) >= 11 is 12.2. The number of nitrogens with zero attached hydrogens (tertiary/aromatic N) is 4. The van der Waals surface area contributed by atoms with Crippen LogP contribution in [0.1, 0.15) is 24.2 Å². The van der Waals surface area contributed by atoms with Gasteiger partial charge in [0.15, 0.2) is 5.82 Å². The molecule has 0 unspecified atom stereocenters. The average molecular weight is 482 g/mol. The van der Waals surface area contributed by atoms with Crippen molar-refractivity contribution in [2.75, 3.05) is 10.6 Å². The minimum Gasteiger partial charge on any atom is -0.331 e. The maximum Gasteiger partial charge on any atom is 0.319 e. The SMILES string of the molecule is Cc1c(NC(=O)N[C@H](C)c2cccc(Cl)c2)cnn1-c1ccnc(Nc2ccccc2Cl)n1. The molecule has 4 aromatic rings. The fourth-order valence-electron chi connectivity index (χ4n) is 3.19. The van der Waals surface area contributed by atoms with Gasteiger partial charge in [0.25, 0.3) is 0 Å². The van der Waals surface area contributed by atoms with Crippen LogP contribution in [0.4, 0.5) is 22.1 Å². The van der Waals surface area contributed by atoms with Crippen molar-refractivity contribution in [2.45, 2.75) is 19.9 Å². The summed E-state index contributed by atoms with van der Waals surface area (Å²) in [6.07, 6.45) is 3.19. The molecule has 1 atom stereocenters. The second kappa shape index (κ2) is 9.89. The Morgan fingerprint density at radius 2 is 1.88 bits per heavy atom. The molecule has 2 aromatic carbocycles. The maximum absolute atomic E-state index is 12.5. The van der Waals surface area contributed by atoms with Crippen LogP contribution < -0.4 is 16.0 Å². The molecule has 0 bridgehead atoms. The van der Waals surface area contributed by atoms with E-state index in [2.05, 4.69) is 31.0 Å². The highest BCUT2D eigenvalue weighted by atomic mass is 35.5. The van der Waals surface area contributed by atoms with Crippen molar-refractivity contribution in [2.24, 2.45) is 0 Å². The summed E-state index contributed by atoms with van der Waals surface area (Å²) in [5.74, 6) is 0.913. The lowest BCUT2D eigenvalue weighted by Gasteiger charge is -2.15. The van der Waals surface area contributed by atoms with E-state index in [4.69, 9.17) is 23.2 Å². The molecule has 0 aliphatic rings. The molecule has 3 N–H and O–H groups in total. The number of rotatable bonds is 6. The van der Waals surface area contributed by atoms with Crippen molar-refractivity contribution in [1.82, 2.24) is 25.1 Å². The Kier molecular flexibility index (Phi) is 6.76. The van der Waals surface area contributed by atoms with Crippen LogP contribution in [0.5, 0.6) is 0 Å². The standard InChI is InChI=1S/C23H21Cl2N7O/c1-14(16-6-5-7-17(24)12-16)28-23(33)30-20-13-27-32(15(20)2)21-10-11-26-22(31-21)29-19-9-4-3-8-18(19)25/h3-14H,1-2H3,(H,26,29,31)(H2,28,30,33)/t14-/m1/s1. The van der Waals surface area contributed by atoms with Crippen LogP contribution in [0.3, 0.4) is 0 Å². The van der Waals surface area contributed by atoms with Crippen LogP contribution in [-0.4, -0.2) is 25.8 Å². The van der Waals surface area contributed by atoms with Gasteiger partial charge in [-0.3, -0.25) is 0 Å². The molecule has 0 aliphatic carbocycles. The summed E-state index contributed by atoms with van der Waals surface area (Å²) in [4.78, 5) is 21.3. The predicted octanol–water partition coefficient (Wildman–Crippen LogP) is 5.90. The summed E-state index contributed by atoms with van der Waals surface area (Å²) < 4.78 is 1.62. The van der Waals surface area contributed by atoms with Crippen LogP contribution in [0.25, 0.3) is 5.82 Å². The van der Waals surface area contributed by atoms with E-state index in [9.17, 15) is 4.79 Å². The Morgan fingerprint density at radius 1 is 1.06 bits per heavy atom. The van der Waals surface area contributed by atoms with Crippen molar-refractivity contribution in [1.29, 1.82) is 0 Å². The van der Waals surface area contributed by atoms with E-state index in [1.54, 1.807) is 35.3 Å². The van der Waals surface area contributed by atoms with Crippen molar-refractivity contribution in [3.05, 3.63) is 88.3 Å². The smallest absolute Gasteiger partial charge is 0.319 e. The molecule has 2 amide bonds. The second-order valence-corrected chi connectivity index (χ2v) is 8.12. The molecule has 2 heterocycles. The number of benzene rings is 2. The molecule has 0 spiro atoms. The highest BCUT2D eigenvalue weighted by Crippen LogP contribution is 2.24. The van der Waals surface area contributed by atoms with Crippen molar-refractivity contribution in [3.8, 4) is 5.82 Å². The number of urea groups is 1. The number of carbonyl (C=O) groups excluding carboxylic acids is 1. The number of hydrogen-bond acceptors (Lipinski definition) is 5. The first-order valence-corrected chi connectivity index (χ1v) is 10.9. The van der Waals surface area contributed by atoms with Gasteiger partial charge in [0, 0.05) is 17.3 Å². The number of para-hydroxylation sites is 1. The van der Waals surface area contributed by atoms with Crippen LogP contribution >= 0.6 is 23.2 Å². The molecule has 0 fully saturated rings. The zero-order valence-corrected chi connectivity index (χ0v) is 19.4. The van der Waals surface area contributed by atoms with E-state index in [1.165, 1.54) is 0 Å². The Morgan fingerprint density at radius 3 is 2.67 bits per heavy atom. The molecule has 0 aliphatic heterocycles. The molecule has 33 heavy (non-hydrogen) atoms. The molecule has 4 rings (SSSR count). The quantitative estimate of drug-likeness (QED) is 0.318. The van der Waals surface area contributed by atoms with Gasteiger partial charge in [-0.05, 0) is 43.7 Å². The van der Waals surface area contributed by atoms with Gasteiger partial charge in [-0.1, -0.05) is 47.5 Å². The summed E-state index contributed by atoms with van der Waals surface area (Å²) in [6, 6.07) is 15.8. The zero-order valence-electron chi connectivity index (χ0n) is 17.9. The number of carbonyl (C=O) groups is 1. The Bertz CT molecular complexity index is 1290. The number of amides is 2. The van der Waals surface area contributed by atoms with E-state index >= 15 is 0 Å². The van der Waals surface area contributed by atoms with E-state index in [0.717, 1.165) is 5.56 Å². The minimum atomic E-state index is -0.353. The van der Waals surface area contributed by atoms with Gasteiger partial charge in [0.2, 0.25) is 5.95 Å². The summed E-state index contributed by atoms with van der Waals surface area (Å²) in [5, 5.41) is 14.4. The molecule has 2 aromatic heterocycles. The van der Waals surface area contributed by atoms with Crippen molar-refractivity contribution >= 4 is 46.6 Å². The Balaban J connectivity index is 1.46. The normalized spacial score (nSPS) is 11.6. The molecule has 0 radical (unpaired) electrons. The van der Waals surface area contributed by atoms with Gasteiger partial charge in [0.05, 0.1) is 34.3 Å². The van der Waals surface area contributed by atoms with Gasteiger partial charge in [-0.2, -0.15) is 10.1 Å². The van der Waals surface area contributed by atoms with Gasteiger partial charge >= 0.3 is 6.03 Å². The highest BCUT2D eigenvalue weighted by Gasteiger charge is 2.15. The van der Waals surface area contributed by atoms with E-state index in [-0.39, 0.29) is 12.1 Å². The molecule has 0 saturated heterocycles. The lowest BCUT2D eigenvalue weighted by molar-refractivity contribution is 0.249. The fourth-order valence-corrected chi connectivity index (χ4v) is 3.57. The van der Waals surface area contributed by atoms with Gasteiger partial charge in [-0.15, -0.1) is 0 Å². The summed E-state index contributed by atoms with van der Waals surface area (Å²) in [5.41, 5.74) is 2.87. The van der Waals surface area contributed by atoms with Crippen LogP contribution in [-0.2, 0) is 0 Å². The zero-order chi connectivity index (χ0) is 23.4. The number of anilines is 3. The van der Waals surface area contributed by atoms with Crippen molar-refractivity contribution < 1.29 is 4.79 Å². The van der Waals surface area contributed by atoms with Crippen LogP contribution in [0.2, 0.25) is 10.0 Å². The third-order valence-electron chi connectivity index (χ3n) is 4.93. The first-order chi connectivity index (χ1) is 15.9. The molecule has 10 heteroatoms. The maximum atomic E-state index is 12.5. The number of aromatic nitrogens is 4. The lowest BCUT2D eigenvalue weighted by atomic mass is 10.1. The van der Waals surface area contributed by atoms with Crippen LogP contribution in [0.15, 0.2) is 67.0 Å². The van der Waals surface area contributed by atoms with Gasteiger partial charge in [-0.25, -0.2) is 14.5 Å². The Labute approximate surface area is 201 Å². The monoisotopic (exact) mass is 481 g/mol. The molecular weight excluding hydrogens is 461 g/mol. The van der Waals surface area contributed by atoms with Crippen molar-refractivity contribution in [3.63, 3.8) is 0 Å². The van der Waals surface area contributed by atoms with Gasteiger partial charge in [0.1, 0.15) is 0 Å². The highest BCUT2D eigenvalue weighted by molar-refractivity contribution is 6.33.